The molecule has 0 bridgehead atoms. The minimum absolute atomic E-state index is 0.226. The normalized spacial score (nSPS) is 15.5. The number of nitrogens with zero attached hydrogens (tertiary/aromatic N) is 2. The lowest BCUT2D eigenvalue weighted by Crippen LogP contribution is -2.49. The van der Waals surface area contributed by atoms with Crippen LogP contribution in [0.3, 0.4) is 0 Å². The van der Waals surface area contributed by atoms with Crippen LogP contribution in [0.25, 0.3) is 0 Å². The number of benzene rings is 2. The second kappa shape index (κ2) is 42.4. The van der Waals surface area contributed by atoms with E-state index in [0.717, 1.165) is 79.6 Å². The first-order valence-electron chi connectivity index (χ1n) is 32.5. The topological polar surface area (TPSA) is 55.2 Å². The van der Waals surface area contributed by atoms with Gasteiger partial charge < -0.3 is 14.8 Å². The molecular formula is C69H121N3O2. The number of piperidine rings is 1. The fourth-order valence-corrected chi connectivity index (χ4v) is 11.3. The molecule has 2 aromatic carbocycles. The summed E-state index contributed by atoms with van der Waals surface area (Å²) < 4.78 is 13.0. The molecular weight excluding hydrogens is 903 g/mol. The second-order valence-electron chi connectivity index (χ2n) is 24.1. The number of aliphatic imine (C=N–C) groups is 2. The van der Waals surface area contributed by atoms with E-state index in [1.54, 1.807) is 0 Å². The maximum Gasteiger partial charge on any atom is 0.123 e. The minimum atomic E-state index is 0.226. The summed E-state index contributed by atoms with van der Waals surface area (Å²) in [6, 6.07) is 9.54. The second-order valence-corrected chi connectivity index (χ2v) is 24.1. The molecule has 1 aliphatic rings. The van der Waals surface area contributed by atoms with Crippen molar-refractivity contribution in [1.82, 2.24) is 5.32 Å². The van der Waals surface area contributed by atoms with Gasteiger partial charge in [0.1, 0.15) is 11.5 Å². The van der Waals surface area contributed by atoms with Crippen molar-refractivity contribution in [3.05, 3.63) is 46.5 Å². The molecule has 1 saturated heterocycles. The standard InChI is InChI=1S/C69H121N3O2/c1-11-13-15-17-19-21-23-25-27-29-31-33-35-37-39-41-43-45-50-73-68-52-58(7)66(54-62(68)56(3)4)70-60(9)64-48-47-49-65(72-64)61(10)71-67-55-63(57(5)6)69(53-59(67)8)74-51-46-44-42-40-38-36-34-32-30-28-26-24-22-20-18-16-14-12-2/h52-57,64-65,72H,11-51H2,1-10H3. The lowest BCUT2D eigenvalue weighted by molar-refractivity contribution is 0.300. The highest BCUT2D eigenvalue weighted by Crippen LogP contribution is 2.36. The van der Waals surface area contributed by atoms with Crippen molar-refractivity contribution in [3.8, 4) is 11.5 Å². The Balaban J connectivity index is 1.36. The molecule has 2 aromatic rings. The van der Waals surface area contributed by atoms with E-state index in [-0.39, 0.29) is 12.1 Å². The lowest BCUT2D eigenvalue weighted by atomic mass is 9.93. The van der Waals surface area contributed by atoms with Crippen LogP contribution in [0, 0.1) is 13.8 Å². The zero-order valence-electron chi connectivity index (χ0n) is 50.8. The van der Waals surface area contributed by atoms with Crippen LogP contribution < -0.4 is 14.8 Å². The number of hydrogen-bond acceptors (Lipinski definition) is 5. The van der Waals surface area contributed by atoms with Crippen LogP contribution in [0.2, 0.25) is 0 Å². The largest absolute Gasteiger partial charge is 0.493 e. The van der Waals surface area contributed by atoms with Gasteiger partial charge in [0.05, 0.1) is 24.6 Å². The number of aryl methyl sites for hydroxylation is 2. The summed E-state index contributed by atoms with van der Waals surface area (Å²) >= 11 is 0. The monoisotopic (exact) mass is 1020 g/mol. The van der Waals surface area contributed by atoms with Crippen molar-refractivity contribution in [1.29, 1.82) is 0 Å². The summed E-state index contributed by atoms with van der Waals surface area (Å²) in [6.07, 6.45) is 53.6. The molecule has 0 saturated carbocycles. The van der Waals surface area contributed by atoms with Gasteiger partial charge >= 0.3 is 0 Å². The van der Waals surface area contributed by atoms with E-state index >= 15 is 0 Å². The molecule has 1 aliphatic heterocycles. The van der Waals surface area contributed by atoms with Crippen LogP contribution in [-0.2, 0) is 0 Å². The first kappa shape index (κ1) is 65.6. The Kier molecular flexibility index (Phi) is 37.6. The molecule has 0 amide bonds. The van der Waals surface area contributed by atoms with Gasteiger partial charge in [-0.3, -0.25) is 9.98 Å². The van der Waals surface area contributed by atoms with Gasteiger partial charge in [-0.2, -0.15) is 0 Å². The fourth-order valence-electron chi connectivity index (χ4n) is 11.3. The van der Waals surface area contributed by atoms with Gasteiger partial charge in [-0.15, -0.1) is 0 Å². The van der Waals surface area contributed by atoms with E-state index in [1.807, 2.05) is 0 Å². The Hall–Kier alpha value is -2.66. The zero-order valence-corrected chi connectivity index (χ0v) is 50.8. The quantitative estimate of drug-likeness (QED) is 0.0531. The number of rotatable bonds is 46. The van der Waals surface area contributed by atoms with Crippen LogP contribution in [-0.4, -0.2) is 36.7 Å². The lowest BCUT2D eigenvalue weighted by Gasteiger charge is -2.31. The van der Waals surface area contributed by atoms with Gasteiger partial charge in [-0.1, -0.05) is 260 Å². The summed E-state index contributed by atoms with van der Waals surface area (Å²) in [5.41, 5.74) is 9.35. The number of nitrogens with one attached hydrogen (secondary N) is 1. The Morgan fingerprint density at radius 2 is 0.676 bits per heavy atom. The van der Waals surface area contributed by atoms with Gasteiger partial charge in [0, 0.05) is 23.5 Å². The molecule has 1 N–H and O–H groups in total. The smallest absolute Gasteiger partial charge is 0.123 e. The van der Waals surface area contributed by atoms with Crippen LogP contribution in [0.5, 0.6) is 11.5 Å². The third kappa shape index (κ3) is 29.2. The molecule has 74 heavy (non-hydrogen) atoms. The molecule has 5 nitrogen and oxygen atoms in total. The van der Waals surface area contributed by atoms with Crippen molar-refractivity contribution in [3.63, 3.8) is 0 Å². The summed E-state index contributed by atoms with van der Waals surface area (Å²) in [5, 5.41) is 3.97. The van der Waals surface area contributed by atoms with E-state index in [2.05, 4.69) is 98.8 Å². The molecule has 1 heterocycles. The van der Waals surface area contributed by atoms with Crippen LogP contribution in [0.1, 0.15) is 340 Å². The zero-order chi connectivity index (χ0) is 53.4. The van der Waals surface area contributed by atoms with Gasteiger partial charge in [-0.25, -0.2) is 0 Å². The first-order chi connectivity index (χ1) is 36.0. The molecule has 0 radical (unpaired) electrons. The average molecular weight is 1020 g/mol. The maximum absolute atomic E-state index is 6.49. The number of ether oxygens (including phenoxy) is 2. The van der Waals surface area contributed by atoms with Crippen molar-refractivity contribution in [2.45, 2.75) is 344 Å². The third-order valence-corrected chi connectivity index (χ3v) is 16.4. The summed E-state index contributed by atoms with van der Waals surface area (Å²) in [4.78, 5) is 10.6. The molecule has 0 aromatic heterocycles. The first-order valence-corrected chi connectivity index (χ1v) is 32.5. The molecule has 2 unspecified atom stereocenters. The maximum atomic E-state index is 6.49. The van der Waals surface area contributed by atoms with Crippen LogP contribution in [0.4, 0.5) is 11.4 Å². The summed E-state index contributed by atoms with van der Waals surface area (Å²) in [5.74, 6) is 2.82. The molecule has 1 fully saturated rings. The molecule has 3 rings (SSSR count). The summed E-state index contributed by atoms with van der Waals surface area (Å²) in [7, 11) is 0. The van der Waals surface area contributed by atoms with Crippen molar-refractivity contribution in [2.75, 3.05) is 13.2 Å². The molecule has 5 heteroatoms. The molecule has 2 atom stereocenters. The fraction of sp³-hybridized carbons (Fsp3) is 0.797. The minimum Gasteiger partial charge on any atom is -0.493 e. The van der Waals surface area contributed by atoms with Crippen LogP contribution >= 0.6 is 0 Å². The third-order valence-electron chi connectivity index (χ3n) is 16.4. The van der Waals surface area contributed by atoms with Crippen molar-refractivity contribution in [2.24, 2.45) is 9.98 Å². The highest BCUT2D eigenvalue weighted by atomic mass is 16.5. The Labute approximate surface area is 460 Å². The van der Waals surface area contributed by atoms with E-state index in [1.165, 1.54) is 241 Å². The van der Waals surface area contributed by atoms with E-state index in [0.29, 0.717) is 11.8 Å². The van der Waals surface area contributed by atoms with Crippen molar-refractivity contribution >= 4 is 22.8 Å². The molecule has 424 valence electrons. The SMILES string of the molecule is CCCCCCCCCCCCCCCCCCCCOc1cc(C)c(N=C(C)C2CCCC(C(C)=Nc3cc(C(C)C)c(OCCCCCCCCCCCCCCCCCCCC)cc3C)N2)cc1C(C)C. The van der Waals surface area contributed by atoms with E-state index in [9.17, 15) is 0 Å². The van der Waals surface area contributed by atoms with Gasteiger partial charge in [0.2, 0.25) is 0 Å². The average Bonchev–Trinajstić information content (AvgIpc) is 3.38. The van der Waals surface area contributed by atoms with Gasteiger partial charge in [-0.05, 0) is 118 Å². The Bertz CT molecular complexity index is 1630. The van der Waals surface area contributed by atoms with Gasteiger partial charge in [0.15, 0.2) is 0 Å². The van der Waals surface area contributed by atoms with Crippen LogP contribution in [0.15, 0.2) is 34.3 Å². The summed E-state index contributed by atoms with van der Waals surface area (Å²) in [6.45, 7) is 24.1. The van der Waals surface area contributed by atoms with E-state index in [4.69, 9.17) is 19.5 Å². The predicted octanol–water partition coefficient (Wildman–Crippen LogP) is 22.8. The highest BCUT2D eigenvalue weighted by molar-refractivity contribution is 5.93. The molecule has 0 aliphatic carbocycles. The number of unbranched alkanes of at least 4 members (excludes halogenated alkanes) is 34. The van der Waals surface area contributed by atoms with Crippen molar-refractivity contribution < 1.29 is 9.47 Å². The Morgan fingerprint density at radius 1 is 0.419 bits per heavy atom. The number of hydrogen-bond donors (Lipinski definition) is 1. The molecule has 0 spiro atoms. The Morgan fingerprint density at radius 3 is 0.932 bits per heavy atom. The van der Waals surface area contributed by atoms with Gasteiger partial charge in [0.25, 0.3) is 0 Å². The predicted molar refractivity (Wildman–Crippen MR) is 329 cm³/mol. The highest BCUT2D eigenvalue weighted by Gasteiger charge is 2.26. The van der Waals surface area contributed by atoms with E-state index < -0.39 is 0 Å².